The maximum atomic E-state index is 3.94. The molecule has 0 amide bonds. The number of fused-ring (bicyclic) bond motifs is 5. The minimum atomic E-state index is 0.530. The van der Waals surface area contributed by atoms with Gasteiger partial charge in [-0.3, -0.25) is 0 Å². The van der Waals surface area contributed by atoms with Gasteiger partial charge in [0.25, 0.3) is 0 Å². The minimum Gasteiger partial charge on any atom is -0.0885 e. The highest BCUT2D eigenvalue weighted by Crippen LogP contribution is 2.67. The van der Waals surface area contributed by atoms with Gasteiger partial charge in [-0.25, -0.2) is 0 Å². The summed E-state index contributed by atoms with van der Waals surface area (Å²) in [6.45, 7) is 16.9. The van der Waals surface area contributed by atoms with Crippen molar-refractivity contribution in [2.45, 2.75) is 202 Å². The zero-order valence-electron chi connectivity index (χ0n) is 31.4. The van der Waals surface area contributed by atoms with Crippen molar-refractivity contribution < 1.29 is 0 Å². The van der Waals surface area contributed by atoms with Gasteiger partial charge >= 0.3 is 0 Å². The normalized spacial score (nSPS) is 33.7. The summed E-state index contributed by atoms with van der Waals surface area (Å²) in [5.41, 5.74) is 3.07. The Morgan fingerprint density at radius 1 is 0.733 bits per heavy atom. The van der Waals surface area contributed by atoms with Crippen LogP contribution in [0.25, 0.3) is 0 Å². The zero-order valence-corrected chi connectivity index (χ0v) is 31.4. The smallest absolute Gasteiger partial charge is 0.00851 e. The van der Waals surface area contributed by atoms with Crippen LogP contribution in [0.4, 0.5) is 0 Å². The fourth-order valence-electron chi connectivity index (χ4n) is 11.6. The molecule has 0 aliphatic heterocycles. The standard InChI is InChI=1S/C45H79/c1-7-8-9-10-11-12-13-14-15-16-17-18-19-20-21-22-26-38-31-33-44(5)39(35-38)27-28-40-42-30-29-41(37(4)25-23-24-36(2)3)45(42,6)34-32-43(40)44/h14-15,27,36-38,40-43H,1,7-13,16-26,28-35H2,2-6H3/b15-14-/t37-,38?,40?,41-,42?,43?,44+,45-/m1/s1. The van der Waals surface area contributed by atoms with Gasteiger partial charge in [-0.1, -0.05) is 155 Å². The topological polar surface area (TPSA) is 0 Å². The van der Waals surface area contributed by atoms with E-state index in [1.165, 1.54) is 161 Å². The van der Waals surface area contributed by atoms with Gasteiger partial charge in [0.15, 0.2) is 0 Å². The maximum Gasteiger partial charge on any atom is -0.00851 e. The van der Waals surface area contributed by atoms with E-state index >= 15 is 0 Å². The molecule has 1 radical (unpaired) electrons. The lowest BCUT2D eigenvalue weighted by Gasteiger charge is -2.58. The zero-order chi connectivity index (χ0) is 32.1. The summed E-state index contributed by atoms with van der Waals surface area (Å²) in [6.07, 6.45) is 44.8. The highest BCUT2D eigenvalue weighted by atomic mass is 14.6. The molecule has 4 rings (SSSR count). The van der Waals surface area contributed by atoms with E-state index in [0.717, 1.165) is 47.8 Å². The van der Waals surface area contributed by atoms with E-state index in [1.807, 2.05) is 5.57 Å². The maximum absolute atomic E-state index is 3.94. The van der Waals surface area contributed by atoms with Crippen LogP contribution in [0.1, 0.15) is 202 Å². The molecule has 0 heteroatoms. The number of allylic oxidation sites excluding steroid dienone is 4. The summed E-state index contributed by atoms with van der Waals surface area (Å²) in [7, 11) is 0. The molecule has 4 aliphatic rings. The van der Waals surface area contributed by atoms with Crippen molar-refractivity contribution in [1.82, 2.24) is 0 Å². The van der Waals surface area contributed by atoms with E-state index < -0.39 is 0 Å². The molecule has 3 saturated carbocycles. The number of hydrogen-bond acceptors (Lipinski definition) is 0. The van der Waals surface area contributed by atoms with Crippen molar-refractivity contribution in [2.75, 3.05) is 0 Å². The van der Waals surface area contributed by atoms with Crippen molar-refractivity contribution >= 4 is 0 Å². The first-order valence-electron chi connectivity index (χ1n) is 20.9. The van der Waals surface area contributed by atoms with Crippen LogP contribution >= 0.6 is 0 Å². The Kier molecular flexibility index (Phi) is 15.6. The number of rotatable bonds is 21. The first-order valence-corrected chi connectivity index (χ1v) is 20.9. The first kappa shape index (κ1) is 37.3. The van der Waals surface area contributed by atoms with Crippen molar-refractivity contribution in [3.05, 3.63) is 30.7 Å². The van der Waals surface area contributed by atoms with Gasteiger partial charge in [0.1, 0.15) is 0 Å². The highest BCUT2D eigenvalue weighted by molar-refractivity contribution is 5.25. The Balaban J connectivity index is 1.11. The molecule has 0 aromatic rings. The lowest BCUT2D eigenvalue weighted by molar-refractivity contribution is -0.0529. The van der Waals surface area contributed by atoms with E-state index in [0.29, 0.717) is 10.8 Å². The summed E-state index contributed by atoms with van der Waals surface area (Å²) >= 11 is 0. The molecule has 0 aromatic carbocycles. The molecule has 0 saturated heterocycles. The Hall–Kier alpha value is -0.520. The predicted octanol–water partition coefficient (Wildman–Crippen LogP) is 14.9. The summed E-state index contributed by atoms with van der Waals surface area (Å²) in [4.78, 5) is 0. The minimum absolute atomic E-state index is 0.530. The average molecular weight is 620 g/mol. The van der Waals surface area contributed by atoms with Crippen LogP contribution in [0.3, 0.4) is 0 Å². The monoisotopic (exact) mass is 620 g/mol. The van der Waals surface area contributed by atoms with Gasteiger partial charge in [-0.2, -0.15) is 0 Å². The van der Waals surface area contributed by atoms with E-state index in [-0.39, 0.29) is 0 Å². The molecule has 259 valence electrons. The van der Waals surface area contributed by atoms with Crippen LogP contribution in [-0.2, 0) is 0 Å². The lowest BCUT2D eigenvalue weighted by Crippen LogP contribution is -2.50. The third-order valence-electron chi connectivity index (χ3n) is 14.4. The van der Waals surface area contributed by atoms with Crippen molar-refractivity contribution in [3.63, 3.8) is 0 Å². The molecule has 45 heavy (non-hydrogen) atoms. The van der Waals surface area contributed by atoms with Crippen LogP contribution in [0, 0.1) is 59.2 Å². The van der Waals surface area contributed by atoms with Gasteiger partial charge in [0.2, 0.25) is 0 Å². The highest BCUT2D eigenvalue weighted by Gasteiger charge is 2.59. The largest absolute Gasteiger partial charge is 0.0885 e. The number of unbranched alkanes of at least 4 members (excludes halogenated alkanes) is 12. The molecule has 8 atom stereocenters. The number of hydrogen-bond donors (Lipinski definition) is 0. The van der Waals surface area contributed by atoms with Crippen molar-refractivity contribution in [2.24, 2.45) is 52.3 Å². The predicted molar refractivity (Wildman–Crippen MR) is 200 cm³/mol. The Labute approximate surface area is 283 Å². The molecule has 4 aliphatic carbocycles. The first-order chi connectivity index (χ1) is 21.8. The molecule has 4 unspecified atom stereocenters. The van der Waals surface area contributed by atoms with Crippen molar-refractivity contribution in [3.8, 4) is 0 Å². The molecule has 0 spiro atoms. The van der Waals surface area contributed by atoms with Crippen LogP contribution < -0.4 is 0 Å². The fraction of sp³-hybridized carbons (Fsp3) is 0.889. The fourth-order valence-corrected chi connectivity index (χ4v) is 11.6. The van der Waals surface area contributed by atoms with Crippen LogP contribution in [0.2, 0.25) is 0 Å². The van der Waals surface area contributed by atoms with Gasteiger partial charge in [0, 0.05) is 0 Å². The van der Waals surface area contributed by atoms with Gasteiger partial charge < -0.3 is 0 Å². The van der Waals surface area contributed by atoms with E-state index in [9.17, 15) is 0 Å². The van der Waals surface area contributed by atoms with Crippen LogP contribution in [0.5, 0.6) is 0 Å². The molecule has 0 aromatic heterocycles. The molecule has 0 nitrogen and oxygen atoms in total. The van der Waals surface area contributed by atoms with Crippen molar-refractivity contribution in [1.29, 1.82) is 0 Å². The van der Waals surface area contributed by atoms with E-state index in [4.69, 9.17) is 0 Å². The molecule has 0 heterocycles. The SMILES string of the molecule is [CH2]CCCCCCC/C=C\CCCCCCCCC1CC[C@@]2(C)C(=CCC3C2CC[C@@]2(C)C3CC[C@@H]2[C@H](C)CCCC(C)C)C1. The molecular formula is C45H79. The second-order valence-corrected chi connectivity index (χ2v) is 18.0. The summed E-state index contributed by atoms with van der Waals surface area (Å²) in [5.74, 6) is 6.72. The molecule has 3 fully saturated rings. The Bertz CT molecular complexity index is 876. The average Bonchev–Trinajstić information content (AvgIpc) is 3.38. The van der Waals surface area contributed by atoms with Gasteiger partial charge in [-0.15, -0.1) is 0 Å². The lowest BCUT2D eigenvalue weighted by atomic mass is 9.46. The van der Waals surface area contributed by atoms with E-state index in [2.05, 4.69) is 59.8 Å². The second-order valence-electron chi connectivity index (χ2n) is 18.0. The quantitative estimate of drug-likeness (QED) is 0.0885. The second kappa shape index (κ2) is 18.9. The van der Waals surface area contributed by atoms with E-state index in [1.54, 1.807) is 0 Å². The Morgan fingerprint density at radius 2 is 1.40 bits per heavy atom. The summed E-state index contributed by atoms with van der Waals surface area (Å²) in [6, 6.07) is 0. The van der Waals surface area contributed by atoms with Crippen LogP contribution in [0.15, 0.2) is 23.8 Å². The summed E-state index contributed by atoms with van der Waals surface area (Å²) < 4.78 is 0. The van der Waals surface area contributed by atoms with Gasteiger partial charge in [0.05, 0.1) is 0 Å². The third kappa shape index (κ3) is 10.2. The Morgan fingerprint density at radius 3 is 2.09 bits per heavy atom. The molecular weight excluding hydrogens is 540 g/mol. The molecule has 0 N–H and O–H groups in total. The summed E-state index contributed by atoms with van der Waals surface area (Å²) in [5, 5.41) is 0. The van der Waals surface area contributed by atoms with Crippen LogP contribution in [-0.4, -0.2) is 0 Å². The van der Waals surface area contributed by atoms with Gasteiger partial charge in [-0.05, 0) is 129 Å². The third-order valence-corrected chi connectivity index (χ3v) is 14.4. The molecule has 0 bridgehead atoms.